The molecule has 0 aromatic carbocycles. The minimum Gasteiger partial charge on any atom is -0.465 e. The minimum atomic E-state index is -0.663. The van der Waals surface area contributed by atoms with Crippen LogP contribution in [0, 0.1) is 11.8 Å². The highest BCUT2D eigenvalue weighted by Crippen LogP contribution is 2.12. The summed E-state index contributed by atoms with van der Waals surface area (Å²) in [5.41, 5.74) is 11.4. The number of aromatic amines is 1. The Balaban J connectivity index is 1.99. The number of anilines is 1. The van der Waals surface area contributed by atoms with Crippen LogP contribution in [0.4, 0.5) is 5.95 Å². The number of fused-ring (bicyclic) bond motifs is 1. The Morgan fingerprint density at radius 2 is 2.20 bits per heavy atom. The molecule has 0 radical (unpaired) electrons. The van der Waals surface area contributed by atoms with Crippen molar-refractivity contribution in [2.75, 3.05) is 18.9 Å². The number of aliphatic hydroxyl groups excluding tert-OH is 1. The quantitative estimate of drug-likeness (QED) is 0.450. The summed E-state index contributed by atoms with van der Waals surface area (Å²) in [5, 5.41) is 9.56. The second-order valence-corrected chi connectivity index (χ2v) is 6.29. The molecule has 2 heterocycles. The van der Waals surface area contributed by atoms with Crippen LogP contribution in [0.3, 0.4) is 0 Å². The van der Waals surface area contributed by atoms with Crippen molar-refractivity contribution < 1.29 is 14.6 Å². The van der Waals surface area contributed by atoms with Gasteiger partial charge in [-0.3, -0.25) is 14.6 Å². The first-order valence-corrected chi connectivity index (χ1v) is 8.07. The van der Waals surface area contributed by atoms with E-state index in [9.17, 15) is 14.7 Å². The molecule has 2 aromatic rings. The highest BCUT2D eigenvalue weighted by Gasteiger charge is 2.20. The number of nitrogen functional groups attached to an aromatic ring is 1. The van der Waals surface area contributed by atoms with Crippen molar-refractivity contribution in [3.05, 3.63) is 16.7 Å². The zero-order valence-electron chi connectivity index (χ0n) is 14.3. The van der Waals surface area contributed by atoms with Gasteiger partial charge >= 0.3 is 5.97 Å². The lowest BCUT2D eigenvalue weighted by molar-refractivity contribution is -0.146. The molecule has 0 aliphatic rings. The van der Waals surface area contributed by atoms with Crippen LogP contribution >= 0.6 is 0 Å². The number of carbonyl (C=O) groups is 1. The van der Waals surface area contributed by atoms with Gasteiger partial charge in [0.05, 0.1) is 12.9 Å². The fourth-order valence-electron chi connectivity index (χ4n) is 2.32. The molecule has 0 spiro atoms. The zero-order valence-corrected chi connectivity index (χ0v) is 14.3. The van der Waals surface area contributed by atoms with Gasteiger partial charge in [-0.05, 0) is 12.3 Å². The van der Waals surface area contributed by atoms with Crippen molar-refractivity contribution in [3.63, 3.8) is 0 Å². The number of esters is 1. The van der Waals surface area contributed by atoms with Crippen LogP contribution in [0.15, 0.2) is 11.1 Å². The molecule has 0 bridgehead atoms. The molecule has 25 heavy (non-hydrogen) atoms. The lowest BCUT2D eigenvalue weighted by atomic mass is 10.1. The summed E-state index contributed by atoms with van der Waals surface area (Å²) in [6.07, 6.45) is 1.90. The van der Waals surface area contributed by atoms with E-state index in [4.69, 9.17) is 16.2 Å². The lowest BCUT2D eigenvalue weighted by Gasteiger charge is -2.17. The van der Waals surface area contributed by atoms with Gasteiger partial charge in [-0.1, -0.05) is 13.8 Å². The van der Waals surface area contributed by atoms with Crippen molar-refractivity contribution in [2.45, 2.75) is 32.9 Å². The van der Waals surface area contributed by atoms with E-state index in [0.717, 1.165) is 0 Å². The van der Waals surface area contributed by atoms with Crippen LogP contribution in [0.1, 0.15) is 20.3 Å². The van der Waals surface area contributed by atoms with Crippen LogP contribution in [-0.4, -0.2) is 49.9 Å². The summed E-state index contributed by atoms with van der Waals surface area (Å²) >= 11 is 0. The average molecular weight is 352 g/mol. The molecule has 0 fully saturated rings. The number of rotatable bonds is 8. The molecule has 2 rings (SSSR count). The molecule has 10 heteroatoms. The van der Waals surface area contributed by atoms with E-state index in [-0.39, 0.29) is 36.5 Å². The Morgan fingerprint density at radius 1 is 1.48 bits per heavy atom. The number of ether oxygens (including phenoxy) is 1. The zero-order chi connectivity index (χ0) is 18.6. The number of nitrogens with two attached hydrogens (primary N) is 2. The Morgan fingerprint density at radius 3 is 2.84 bits per heavy atom. The molecule has 0 amide bonds. The van der Waals surface area contributed by atoms with Crippen LogP contribution < -0.4 is 17.0 Å². The second kappa shape index (κ2) is 8.08. The Bertz CT molecular complexity index is 784. The van der Waals surface area contributed by atoms with Crippen LogP contribution in [0.25, 0.3) is 11.2 Å². The second-order valence-electron chi connectivity index (χ2n) is 6.29. The van der Waals surface area contributed by atoms with Crippen LogP contribution in [0.5, 0.6) is 0 Å². The van der Waals surface area contributed by atoms with E-state index in [0.29, 0.717) is 18.6 Å². The van der Waals surface area contributed by atoms with Crippen molar-refractivity contribution in [1.29, 1.82) is 0 Å². The summed E-state index contributed by atoms with van der Waals surface area (Å²) in [7, 11) is 0. The van der Waals surface area contributed by atoms with E-state index in [1.807, 2.05) is 13.8 Å². The molecule has 0 saturated heterocycles. The van der Waals surface area contributed by atoms with Gasteiger partial charge in [0.2, 0.25) is 5.95 Å². The van der Waals surface area contributed by atoms with Crippen molar-refractivity contribution in [2.24, 2.45) is 17.6 Å². The van der Waals surface area contributed by atoms with E-state index in [2.05, 4.69) is 15.0 Å². The molecule has 6 N–H and O–H groups in total. The maximum Gasteiger partial charge on any atom is 0.323 e. The number of aliphatic hydroxyl groups is 1. The largest absolute Gasteiger partial charge is 0.465 e. The predicted octanol–water partition coefficient (Wildman–Crippen LogP) is -0.773. The van der Waals surface area contributed by atoms with E-state index in [1.165, 1.54) is 6.33 Å². The van der Waals surface area contributed by atoms with Crippen LogP contribution in [0.2, 0.25) is 0 Å². The first kappa shape index (κ1) is 18.9. The number of carbonyl (C=O) groups excluding carboxylic acids is 1. The lowest BCUT2D eigenvalue weighted by Crippen LogP contribution is -2.37. The fourth-order valence-corrected chi connectivity index (χ4v) is 2.32. The number of nitrogens with zero attached hydrogens (tertiary/aromatic N) is 3. The summed E-state index contributed by atoms with van der Waals surface area (Å²) in [4.78, 5) is 34.0. The SMILES string of the molecule is CC(C)C(N)C(=O)OCCC(CO)Cn1cnc2c(=O)[nH]c(N)nc21. The number of hydrogen-bond donors (Lipinski definition) is 4. The van der Waals surface area contributed by atoms with E-state index >= 15 is 0 Å². The predicted molar refractivity (Wildman–Crippen MR) is 91.5 cm³/mol. The molecule has 2 aromatic heterocycles. The number of imidazole rings is 1. The number of H-pyrrole nitrogens is 1. The topological polar surface area (TPSA) is 162 Å². The third-order valence-corrected chi connectivity index (χ3v) is 3.97. The van der Waals surface area contributed by atoms with Gasteiger partial charge in [0.25, 0.3) is 5.56 Å². The number of hydrogen-bond acceptors (Lipinski definition) is 8. The number of nitrogens with one attached hydrogen (secondary N) is 1. The average Bonchev–Trinajstić information content (AvgIpc) is 2.95. The van der Waals surface area contributed by atoms with Crippen molar-refractivity contribution in [1.82, 2.24) is 19.5 Å². The normalized spacial score (nSPS) is 14.0. The van der Waals surface area contributed by atoms with Gasteiger partial charge in [0.15, 0.2) is 11.2 Å². The molecule has 2 atom stereocenters. The first-order chi connectivity index (χ1) is 11.8. The minimum absolute atomic E-state index is 0.00333. The highest BCUT2D eigenvalue weighted by molar-refractivity contribution is 5.75. The molecular weight excluding hydrogens is 328 g/mol. The summed E-state index contributed by atoms with van der Waals surface area (Å²) in [6, 6.07) is -0.663. The van der Waals surface area contributed by atoms with Crippen molar-refractivity contribution in [3.8, 4) is 0 Å². The standard InChI is InChI=1S/C15H24N6O4/c1-8(2)10(16)14(24)25-4-3-9(6-22)5-21-7-18-11-12(21)19-15(17)20-13(11)23/h7-10,22H,3-6,16H2,1-2H3,(H3,17,19,20,23). The maximum absolute atomic E-state index is 11.8. The molecule has 10 nitrogen and oxygen atoms in total. The van der Waals surface area contributed by atoms with Gasteiger partial charge in [-0.2, -0.15) is 4.98 Å². The third kappa shape index (κ3) is 4.54. The van der Waals surface area contributed by atoms with Gasteiger partial charge in [-0.25, -0.2) is 4.98 Å². The summed E-state index contributed by atoms with van der Waals surface area (Å²) in [6.45, 7) is 4.07. The molecule has 0 saturated carbocycles. The van der Waals surface area contributed by atoms with E-state index in [1.54, 1.807) is 4.57 Å². The molecule has 2 unspecified atom stereocenters. The molecular formula is C15H24N6O4. The van der Waals surface area contributed by atoms with Gasteiger partial charge < -0.3 is 25.9 Å². The van der Waals surface area contributed by atoms with Gasteiger partial charge in [0, 0.05) is 19.1 Å². The summed E-state index contributed by atoms with van der Waals surface area (Å²) in [5.74, 6) is -0.673. The highest BCUT2D eigenvalue weighted by atomic mass is 16.5. The Kier molecular flexibility index (Phi) is 6.10. The van der Waals surface area contributed by atoms with Crippen molar-refractivity contribution >= 4 is 23.1 Å². The van der Waals surface area contributed by atoms with Crippen LogP contribution in [-0.2, 0) is 16.1 Å². The summed E-state index contributed by atoms with van der Waals surface area (Å²) < 4.78 is 6.79. The Labute approximate surface area is 144 Å². The molecule has 138 valence electrons. The van der Waals surface area contributed by atoms with Gasteiger partial charge in [0.1, 0.15) is 6.04 Å². The first-order valence-electron chi connectivity index (χ1n) is 8.07. The fraction of sp³-hybridized carbons (Fsp3) is 0.600. The molecule has 0 aliphatic carbocycles. The van der Waals surface area contributed by atoms with Gasteiger partial charge in [-0.15, -0.1) is 0 Å². The smallest absolute Gasteiger partial charge is 0.323 e. The number of aromatic nitrogens is 4. The third-order valence-electron chi connectivity index (χ3n) is 3.97. The Hall–Kier alpha value is -2.46. The van der Waals surface area contributed by atoms with E-state index < -0.39 is 17.6 Å². The maximum atomic E-state index is 11.8. The monoisotopic (exact) mass is 352 g/mol. The molecule has 0 aliphatic heterocycles.